The molecule has 2 rings (SSSR count). The molecule has 1 N–H and O–H groups in total. The van der Waals surface area contributed by atoms with Gasteiger partial charge in [0, 0.05) is 6.61 Å². The number of hydrogen-bond donors (Lipinski definition) is 1. The molecule has 17 heavy (non-hydrogen) atoms. The largest absolute Gasteiger partial charge is 0.385 e. The molecule has 2 unspecified atom stereocenters. The summed E-state index contributed by atoms with van der Waals surface area (Å²) in [4.78, 5) is 0. The van der Waals surface area contributed by atoms with E-state index in [1.807, 2.05) is 6.92 Å². The summed E-state index contributed by atoms with van der Waals surface area (Å²) in [5.41, 5.74) is 0.747. The zero-order valence-corrected chi connectivity index (χ0v) is 10.4. The van der Waals surface area contributed by atoms with Gasteiger partial charge in [-0.25, -0.2) is 4.39 Å². The SMILES string of the molecule is Cc1cc(C(O)C2(C)CCCCO2)ccc1F. The normalized spacial score (nSPS) is 26.8. The Bertz CT molecular complexity index is 397. The summed E-state index contributed by atoms with van der Waals surface area (Å²) >= 11 is 0. The van der Waals surface area contributed by atoms with Gasteiger partial charge in [-0.3, -0.25) is 0 Å². The Balaban J connectivity index is 2.23. The molecular weight excluding hydrogens is 219 g/mol. The molecule has 0 radical (unpaired) electrons. The molecular formula is C14H19FO2. The van der Waals surface area contributed by atoms with Crippen LogP contribution in [0.2, 0.25) is 0 Å². The molecule has 3 heteroatoms. The molecule has 2 atom stereocenters. The first kappa shape index (κ1) is 12.5. The third-order valence-corrected chi connectivity index (χ3v) is 3.58. The lowest BCUT2D eigenvalue weighted by Crippen LogP contribution is -2.39. The van der Waals surface area contributed by atoms with Gasteiger partial charge in [-0.2, -0.15) is 0 Å². The Morgan fingerprint density at radius 1 is 1.41 bits per heavy atom. The van der Waals surface area contributed by atoms with E-state index in [9.17, 15) is 9.50 Å². The van der Waals surface area contributed by atoms with E-state index < -0.39 is 11.7 Å². The van der Waals surface area contributed by atoms with E-state index in [2.05, 4.69) is 0 Å². The Morgan fingerprint density at radius 3 is 2.76 bits per heavy atom. The van der Waals surface area contributed by atoms with E-state index >= 15 is 0 Å². The zero-order chi connectivity index (χ0) is 12.5. The number of hydrogen-bond acceptors (Lipinski definition) is 2. The van der Waals surface area contributed by atoms with Crippen molar-refractivity contribution in [1.82, 2.24) is 0 Å². The Hall–Kier alpha value is -0.930. The Labute approximate surface area is 101 Å². The number of aryl methyl sites for hydroxylation is 1. The van der Waals surface area contributed by atoms with E-state index in [1.54, 1.807) is 19.1 Å². The number of benzene rings is 1. The van der Waals surface area contributed by atoms with Crippen LogP contribution in [0.3, 0.4) is 0 Å². The molecule has 0 aliphatic carbocycles. The minimum atomic E-state index is -0.693. The maximum Gasteiger partial charge on any atom is 0.126 e. The van der Waals surface area contributed by atoms with Crippen LogP contribution >= 0.6 is 0 Å². The van der Waals surface area contributed by atoms with E-state index in [4.69, 9.17) is 4.74 Å². The lowest BCUT2D eigenvalue weighted by Gasteiger charge is -2.38. The first-order valence-electron chi connectivity index (χ1n) is 6.11. The summed E-state index contributed by atoms with van der Waals surface area (Å²) in [7, 11) is 0. The van der Waals surface area contributed by atoms with Gasteiger partial charge in [-0.15, -0.1) is 0 Å². The van der Waals surface area contributed by atoms with Crippen molar-refractivity contribution in [3.63, 3.8) is 0 Å². The minimum absolute atomic E-state index is 0.240. The first-order chi connectivity index (χ1) is 8.03. The van der Waals surface area contributed by atoms with Crippen molar-refractivity contribution >= 4 is 0 Å². The van der Waals surface area contributed by atoms with Gasteiger partial charge in [-0.05, 0) is 50.3 Å². The van der Waals surface area contributed by atoms with Crippen LogP contribution in [0.4, 0.5) is 4.39 Å². The molecule has 1 heterocycles. The molecule has 1 aromatic rings. The Morgan fingerprint density at radius 2 is 2.18 bits per heavy atom. The number of aliphatic hydroxyl groups excluding tert-OH is 1. The fraction of sp³-hybridized carbons (Fsp3) is 0.571. The van der Waals surface area contributed by atoms with Crippen LogP contribution in [-0.2, 0) is 4.74 Å². The van der Waals surface area contributed by atoms with E-state index in [-0.39, 0.29) is 5.82 Å². The highest BCUT2D eigenvalue weighted by molar-refractivity contribution is 5.27. The second-order valence-corrected chi connectivity index (χ2v) is 5.03. The lowest BCUT2D eigenvalue weighted by atomic mass is 9.86. The summed E-state index contributed by atoms with van der Waals surface area (Å²) in [5, 5.41) is 10.4. The number of rotatable bonds is 2. The maximum atomic E-state index is 13.2. The summed E-state index contributed by atoms with van der Waals surface area (Å²) in [6.07, 6.45) is 2.26. The zero-order valence-electron chi connectivity index (χ0n) is 10.4. The molecule has 1 aliphatic rings. The maximum absolute atomic E-state index is 13.2. The fourth-order valence-corrected chi connectivity index (χ4v) is 2.36. The summed E-state index contributed by atoms with van der Waals surface area (Å²) < 4.78 is 18.9. The van der Waals surface area contributed by atoms with Gasteiger partial charge in [0.15, 0.2) is 0 Å². The smallest absolute Gasteiger partial charge is 0.126 e. The van der Waals surface area contributed by atoms with Crippen LogP contribution < -0.4 is 0 Å². The van der Waals surface area contributed by atoms with Gasteiger partial charge >= 0.3 is 0 Å². The monoisotopic (exact) mass is 238 g/mol. The van der Waals surface area contributed by atoms with Crippen molar-refractivity contribution in [2.24, 2.45) is 0 Å². The summed E-state index contributed by atoms with van der Waals surface area (Å²) in [6.45, 7) is 4.32. The average molecular weight is 238 g/mol. The van der Waals surface area contributed by atoms with Crippen LogP contribution in [0, 0.1) is 12.7 Å². The second-order valence-electron chi connectivity index (χ2n) is 5.03. The van der Waals surface area contributed by atoms with E-state index in [0.717, 1.165) is 24.8 Å². The van der Waals surface area contributed by atoms with Crippen LogP contribution in [-0.4, -0.2) is 17.3 Å². The highest BCUT2D eigenvalue weighted by Crippen LogP contribution is 2.36. The van der Waals surface area contributed by atoms with Crippen molar-refractivity contribution in [3.05, 3.63) is 35.1 Å². The molecule has 94 valence electrons. The van der Waals surface area contributed by atoms with E-state index in [0.29, 0.717) is 12.2 Å². The average Bonchev–Trinajstić information content (AvgIpc) is 2.33. The molecule has 0 bridgehead atoms. The van der Waals surface area contributed by atoms with Crippen molar-refractivity contribution < 1.29 is 14.2 Å². The molecule has 1 aliphatic heterocycles. The first-order valence-corrected chi connectivity index (χ1v) is 6.11. The van der Waals surface area contributed by atoms with Crippen molar-refractivity contribution in [2.75, 3.05) is 6.61 Å². The van der Waals surface area contributed by atoms with Crippen molar-refractivity contribution in [2.45, 2.75) is 44.8 Å². The van der Waals surface area contributed by atoms with Crippen LogP contribution in [0.1, 0.15) is 43.4 Å². The lowest BCUT2D eigenvalue weighted by molar-refractivity contribution is -0.138. The second kappa shape index (κ2) is 4.75. The molecule has 1 fully saturated rings. The summed E-state index contributed by atoms with van der Waals surface area (Å²) in [5.74, 6) is -0.240. The predicted molar refractivity (Wildman–Crippen MR) is 64.3 cm³/mol. The molecule has 2 nitrogen and oxygen atoms in total. The molecule has 0 saturated carbocycles. The third-order valence-electron chi connectivity index (χ3n) is 3.58. The quantitative estimate of drug-likeness (QED) is 0.857. The van der Waals surface area contributed by atoms with Crippen LogP contribution in [0.25, 0.3) is 0 Å². The topological polar surface area (TPSA) is 29.5 Å². The highest BCUT2D eigenvalue weighted by atomic mass is 19.1. The van der Waals surface area contributed by atoms with Gasteiger partial charge in [-0.1, -0.05) is 12.1 Å². The minimum Gasteiger partial charge on any atom is -0.385 e. The number of ether oxygens (including phenoxy) is 1. The van der Waals surface area contributed by atoms with Gasteiger partial charge in [0.05, 0.1) is 5.60 Å². The third kappa shape index (κ3) is 2.50. The van der Waals surface area contributed by atoms with Crippen LogP contribution in [0.15, 0.2) is 18.2 Å². The van der Waals surface area contributed by atoms with Crippen molar-refractivity contribution in [3.8, 4) is 0 Å². The van der Waals surface area contributed by atoms with Gasteiger partial charge < -0.3 is 9.84 Å². The summed E-state index contributed by atoms with van der Waals surface area (Å²) in [6, 6.07) is 4.74. The van der Waals surface area contributed by atoms with E-state index in [1.165, 1.54) is 6.07 Å². The number of aliphatic hydroxyl groups is 1. The number of halogens is 1. The standard InChI is InChI=1S/C14H19FO2/c1-10-9-11(5-6-12(10)15)13(16)14(2)7-3-4-8-17-14/h5-6,9,13,16H,3-4,7-8H2,1-2H3. The molecule has 1 saturated heterocycles. The van der Waals surface area contributed by atoms with Gasteiger partial charge in [0.25, 0.3) is 0 Å². The van der Waals surface area contributed by atoms with Crippen molar-refractivity contribution in [1.29, 1.82) is 0 Å². The molecule has 0 spiro atoms. The fourth-order valence-electron chi connectivity index (χ4n) is 2.36. The molecule has 0 amide bonds. The van der Waals surface area contributed by atoms with Crippen LogP contribution in [0.5, 0.6) is 0 Å². The molecule has 0 aromatic heterocycles. The van der Waals surface area contributed by atoms with Gasteiger partial charge in [0.1, 0.15) is 11.9 Å². The Kier molecular flexibility index (Phi) is 3.50. The predicted octanol–water partition coefficient (Wildman–Crippen LogP) is 3.13. The van der Waals surface area contributed by atoms with Gasteiger partial charge in [0.2, 0.25) is 0 Å². The highest BCUT2D eigenvalue weighted by Gasteiger charge is 2.36. The molecule has 1 aromatic carbocycles.